The zero-order valence-corrected chi connectivity index (χ0v) is 11.4. The number of carbonyl (C=O) groups is 1. The Kier molecular flexibility index (Phi) is 3.43. The van der Waals surface area contributed by atoms with Gasteiger partial charge in [0.15, 0.2) is 0 Å². The van der Waals surface area contributed by atoms with Crippen molar-refractivity contribution in [3.05, 3.63) is 35.4 Å². The maximum absolute atomic E-state index is 12.5. The molecule has 3 rings (SSSR count). The summed E-state index contributed by atoms with van der Waals surface area (Å²) < 4.78 is 37.4. The molecule has 0 heterocycles. The highest BCUT2D eigenvalue weighted by Gasteiger charge is 2.44. The third-order valence-electron chi connectivity index (χ3n) is 4.70. The van der Waals surface area contributed by atoms with Gasteiger partial charge in [-0.3, -0.25) is 4.79 Å². The van der Waals surface area contributed by atoms with Gasteiger partial charge < -0.3 is 11.1 Å². The van der Waals surface area contributed by atoms with Crippen molar-refractivity contribution in [1.29, 1.82) is 0 Å². The van der Waals surface area contributed by atoms with E-state index >= 15 is 0 Å². The molecule has 3 N–H and O–H groups in total. The number of benzene rings is 1. The Hall–Kier alpha value is -1.56. The van der Waals surface area contributed by atoms with Crippen molar-refractivity contribution in [2.75, 3.05) is 0 Å². The molecule has 0 radical (unpaired) electrons. The van der Waals surface area contributed by atoms with Gasteiger partial charge in [-0.25, -0.2) is 0 Å². The number of hydrogen-bond acceptors (Lipinski definition) is 2. The molecular formula is C15H17F3N2O. The Morgan fingerprint density at radius 2 is 1.76 bits per heavy atom. The van der Waals surface area contributed by atoms with Crippen LogP contribution >= 0.6 is 0 Å². The minimum atomic E-state index is -4.38. The number of nitrogens with one attached hydrogen (secondary N) is 1. The molecule has 0 unspecified atom stereocenters. The lowest BCUT2D eigenvalue weighted by atomic mass is 9.91. The van der Waals surface area contributed by atoms with E-state index in [4.69, 9.17) is 5.73 Å². The first-order valence-corrected chi connectivity index (χ1v) is 7.08. The topological polar surface area (TPSA) is 55.1 Å². The van der Waals surface area contributed by atoms with Crippen LogP contribution in [-0.2, 0) is 6.18 Å². The lowest BCUT2D eigenvalue weighted by Crippen LogP contribution is -2.42. The molecule has 21 heavy (non-hydrogen) atoms. The Morgan fingerprint density at radius 3 is 2.24 bits per heavy atom. The molecule has 0 aromatic heterocycles. The van der Waals surface area contributed by atoms with Crippen LogP contribution in [0.2, 0.25) is 0 Å². The molecule has 2 aliphatic rings. The predicted octanol–water partition coefficient (Wildman–Crippen LogP) is 2.56. The highest BCUT2D eigenvalue weighted by atomic mass is 19.4. The van der Waals surface area contributed by atoms with Crippen LogP contribution < -0.4 is 11.1 Å². The van der Waals surface area contributed by atoms with E-state index in [1.165, 1.54) is 12.1 Å². The van der Waals surface area contributed by atoms with Crippen LogP contribution in [0.1, 0.15) is 35.2 Å². The van der Waals surface area contributed by atoms with E-state index in [2.05, 4.69) is 5.32 Å². The largest absolute Gasteiger partial charge is 0.416 e. The van der Waals surface area contributed by atoms with Gasteiger partial charge in [0, 0.05) is 17.6 Å². The number of nitrogens with two attached hydrogens (primary N) is 1. The number of alkyl halides is 3. The van der Waals surface area contributed by atoms with Crippen molar-refractivity contribution < 1.29 is 18.0 Å². The quantitative estimate of drug-likeness (QED) is 0.881. The summed E-state index contributed by atoms with van der Waals surface area (Å²) in [6, 6.07) is 4.64. The lowest BCUT2D eigenvalue weighted by molar-refractivity contribution is -0.137. The Balaban J connectivity index is 1.64. The van der Waals surface area contributed by atoms with E-state index < -0.39 is 11.7 Å². The molecule has 1 aromatic carbocycles. The average molecular weight is 298 g/mol. The molecule has 2 saturated carbocycles. The Labute approximate surface area is 120 Å². The summed E-state index contributed by atoms with van der Waals surface area (Å²) in [5.41, 5.74) is 5.48. The van der Waals surface area contributed by atoms with Gasteiger partial charge in [0.05, 0.1) is 5.56 Å². The fraction of sp³-hybridized carbons (Fsp3) is 0.533. The molecule has 2 aliphatic carbocycles. The van der Waals surface area contributed by atoms with Crippen LogP contribution in [0, 0.1) is 11.8 Å². The molecule has 4 atom stereocenters. The van der Waals surface area contributed by atoms with Crippen LogP contribution in [0.25, 0.3) is 0 Å². The first-order valence-electron chi connectivity index (χ1n) is 7.08. The molecule has 2 bridgehead atoms. The fourth-order valence-electron chi connectivity index (χ4n) is 3.56. The minimum Gasteiger partial charge on any atom is -0.349 e. The number of carbonyl (C=O) groups excluding carboxylic acids is 1. The lowest BCUT2D eigenvalue weighted by Gasteiger charge is -2.26. The summed E-state index contributed by atoms with van der Waals surface area (Å²) in [6.45, 7) is 0. The predicted molar refractivity (Wildman–Crippen MR) is 71.5 cm³/mol. The van der Waals surface area contributed by atoms with E-state index in [0.717, 1.165) is 31.4 Å². The van der Waals surface area contributed by atoms with Crippen LogP contribution in [0.3, 0.4) is 0 Å². The molecule has 3 nitrogen and oxygen atoms in total. The summed E-state index contributed by atoms with van der Waals surface area (Å²) in [5, 5.41) is 2.93. The summed E-state index contributed by atoms with van der Waals surface area (Å²) in [5.74, 6) is 0.561. The number of fused-ring (bicyclic) bond motifs is 2. The second-order valence-corrected chi connectivity index (χ2v) is 6.05. The standard InChI is InChI=1S/C15H17F3N2O/c16-15(17,18)11-3-1-8(2-4-11)14(21)20-13-7-9-5-10(13)6-12(9)19/h1-4,9-10,12-13H,5-7,19H2,(H,20,21)/t9-,10-,12+,13+/m1/s1. The SMILES string of the molecule is N[C@H]1C[C@H]2C[C@@H]1C[C@@H]2NC(=O)c1ccc(C(F)(F)F)cc1. The maximum Gasteiger partial charge on any atom is 0.416 e. The van der Waals surface area contributed by atoms with Crippen LogP contribution in [0.4, 0.5) is 13.2 Å². The highest BCUT2D eigenvalue weighted by molar-refractivity contribution is 5.94. The fourth-order valence-corrected chi connectivity index (χ4v) is 3.56. The normalized spacial score (nSPS) is 31.4. The number of halogens is 3. The molecule has 2 fully saturated rings. The van der Waals surface area contributed by atoms with Crippen molar-refractivity contribution in [2.24, 2.45) is 17.6 Å². The Bertz CT molecular complexity index is 539. The second kappa shape index (κ2) is 5.02. The van der Waals surface area contributed by atoms with Gasteiger partial charge in [0.2, 0.25) is 0 Å². The molecule has 0 saturated heterocycles. The summed E-state index contributed by atoms with van der Waals surface area (Å²) in [7, 11) is 0. The second-order valence-electron chi connectivity index (χ2n) is 6.05. The van der Waals surface area contributed by atoms with E-state index in [1.807, 2.05) is 0 Å². The molecule has 1 amide bonds. The summed E-state index contributed by atoms with van der Waals surface area (Å²) in [4.78, 5) is 12.1. The summed E-state index contributed by atoms with van der Waals surface area (Å²) >= 11 is 0. The van der Waals surface area contributed by atoms with Crippen molar-refractivity contribution in [3.63, 3.8) is 0 Å². The molecule has 6 heteroatoms. The van der Waals surface area contributed by atoms with Gasteiger partial charge in [0.25, 0.3) is 5.91 Å². The smallest absolute Gasteiger partial charge is 0.349 e. The van der Waals surface area contributed by atoms with Crippen LogP contribution in [-0.4, -0.2) is 18.0 Å². The van der Waals surface area contributed by atoms with Crippen LogP contribution in [0.5, 0.6) is 0 Å². The average Bonchev–Trinajstić information content (AvgIpc) is 2.96. The minimum absolute atomic E-state index is 0.101. The molecule has 1 aromatic rings. The Morgan fingerprint density at radius 1 is 1.10 bits per heavy atom. The van der Waals surface area contributed by atoms with E-state index in [1.54, 1.807) is 0 Å². The zero-order chi connectivity index (χ0) is 15.2. The van der Waals surface area contributed by atoms with Gasteiger partial charge in [-0.05, 0) is 55.4 Å². The van der Waals surface area contributed by atoms with Gasteiger partial charge >= 0.3 is 6.18 Å². The van der Waals surface area contributed by atoms with Gasteiger partial charge in [-0.1, -0.05) is 0 Å². The molecule has 114 valence electrons. The van der Waals surface area contributed by atoms with E-state index in [9.17, 15) is 18.0 Å². The maximum atomic E-state index is 12.5. The van der Waals surface area contributed by atoms with E-state index in [0.29, 0.717) is 11.8 Å². The first-order chi connectivity index (χ1) is 9.84. The van der Waals surface area contributed by atoms with Gasteiger partial charge in [0.1, 0.15) is 0 Å². The van der Waals surface area contributed by atoms with Crippen LogP contribution in [0.15, 0.2) is 24.3 Å². The molecule has 0 aliphatic heterocycles. The van der Waals surface area contributed by atoms with E-state index in [-0.39, 0.29) is 23.6 Å². The number of hydrogen-bond donors (Lipinski definition) is 2. The third-order valence-corrected chi connectivity index (χ3v) is 4.70. The number of rotatable bonds is 2. The monoisotopic (exact) mass is 298 g/mol. The highest BCUT2D eigenvalue weighted by Crippen LogP contribution is 2.43. The first kappa shape index (κ1) is 14.4. The third kappa shape index (κ3) is 2.77. The van der Waals surface area contributed by atoms with Gasteiger partial charge in [-0.15, -0.1) is 0 Å². The number of amides is 1. The van der Waals surface area contributed by atoms with Crippen molar-refractivity contribution in [1.82, 2.24) is 5.32 Å². The van der Waals surface area contributed by atoms with Gasteiger partial charge in [-0.2, -0.15) is 13.2 Å². The van der Waals surface area contributed by atoms with Crippen molar-refractivity contribution in [2.45, 2.75) is 37.5 Å². The summed E-state index contributed by atoms with van der Waals surface area (Å²) in [6.07, 6.45) is -1.55. The van der Waals surface area contributed by atoms with Crippen molar-refractivity contribution in [3.8, 4) is 0 Å². The van der Waals surface area contributed by atoms with Crippen molar-refractivity contribution >= 4 is 5.91 Å². The molecular weight excluding hydrogens is 281 g/mol. The molecule has 0 spiro atoms. The zero-order valence-electron chi connectivity index (χ0n) is 11.4.